The molecular formula is C16H18O4. The molecule has 0 atom stereocenters. The molecule has 0 saturated heterocycles. The average Bonchev–Trinajstić information content (AvgIpc) is 2.37. The third-order valence-corrected chi connectivity index (χ3v) is 2.36. The maximum Gasteiger partial charge on any atom is 0.339 e. The Bertz CT molecular complexity index is 533. The summed E-state index contributed by atoms with van der Waals surface area (Å²) in [4.78, 5) is 22.3. The van der Waals surface area contributed by atoms with Crippen LogP contribution in [0.3, 0.4) is 0 Å². The predicted molar refractivity (Wildman–Crippen MR) is 74.9 cm³/mol. The quantitative estimate of drug-likeness (QED) is 0.481. The van der Waals surface area contributed by atoms with Gasteiger partial charge < -0.3 is 9.47 Å². The first-order valence-corrected chi connectivity index (χ1v) is 6.20. The Morgan fingerprint density at radius 1 is 1.05 bits per heavy atom. The van der Waals surface area contributed by atoms with Crippen LogP contribution in [0.25, 0.3) is 0 Å². The summed E-state index contributed by atoms with van der Waals surface area (Å²) in [7, 11) is 0. The summed E-state index contributed by atoms with van der Waals surface area (Å²) >= 11 is 0. The van der Waals surface area contributed by atoms with E-state index in [1.165, 1.54) is 0 Å². The molecule has 0 radical (unpaired) electrons. The fraction of sp³-hybridized carbons (Fsp3) is 0.375. The van der Waals surface area contributed by atoms with Crippen LogP contribution in [0.5, 0.6) is 0 Å². The van der Waals surface area contributed by atoms with E-state index in [9.17, 15) is 9.59 Å². The molecule has 1 aromatic rings. The largest absolute Gasteiger partial charge is 0.449 e. The normalized spacial score (nSPS) is 11.0. The highest BCUT2D eigenvalue weighted by Crippen LogP contribution is 2.14. The van der Waals surface area contributed by atoms with Gasteiger partial charge in [0.1, 0.15) is 0 Å². The van der Waals surface area contributed by atoms with E-state index < -0.39 is 17.2 Å². The summed E-state index contributed by atoms with van der Waals surface area (Å²) in [5, 5.41) is 0. The molecule has 0 aliphatic rings. The van der Waals surface area contributed by atoms with Gasteiger partial charge >= 0.3 is 5.97 Å². The molecule has 0 aliphatic carbocycles. The van der Waals surface area contributed by atoms with Gasteiger partial charge in [-0.25, -0.2) is 4.79 Å². The fourth-order valence-corrected chi connectivity index (χ4v) is 1.34. The molecule has 106 valence electrons. The van der Waals surface area contributed by atoms with E-state index in [-0.39, 0.29) is 0 Å². The van der Waals surface area contributed by atoms with Gasteiger partial charge in [-0.1, -0.05) is 30.0 Å². The van der Waals surface area contributed by atoms with Gasteiger partial charge in [0.15, 0.2) is 11.2 Å². The molecule has 20 heavy (non-hydrogen) atoms. The molecule has 0 bridgehead atoms. The van der Waals surface area contributed by atoms with Crippen LogP contribution in [0.2, 0.25) is 0 Å². The first-order chi connectivity index (χ1) is 9.26. The van der Waals surface area contributed by atoms with Gasteiger partial charge in [0.2, 0.25) is 0 Å². The van der Waals surface area contributed by atoms with Crippen LogP contribution < -0.4 is 0 Å². The summed E-state index contributed by atoms with van der Waals surface area (Å²) in [6.07, 6.45) is 0. The number of benzene rings is 1. The van der Waals surface area contributed by atoms with Crippen LogP contribution >= 0.6 is 0 Å². The maximum absolute atomic E-state index is 11.9. The number of carbonyl (C=O) groups is 2. The van der Waals surface area contributed by atoms with Gasteiger partial charge in [-0.3, -0.25) is 4.79 Å². The van der Waals surface area contributed by atoms with E-state index >= 15 is 0 Å². The van der Waals surface area contributed by atoms with Crippen molar-refractivity contribution in [3.05, 3.63) is 35.9 Å². The molecule has 4 nitrogen and oxygen atoms in total. The van der Waals surface area contributed by atoms with Crippen molar-refractivity contribution in [2.45, 2.75) is 38.9 Å². The lowest BCUT2D eigenvalue weighted by Gasteiger charge is -2.21. The van der Waals surface area contributed by atoms with E-state index in [0.717, 1.165) is 0 Å². The first-order valence-electron chi connectivity index (χ1n) is 6.20. The summed E-state index contributed by atoms with van der Waals surface area (Å²) < 4.78 is 10.2. The molecule has 0 amide bonds. The lowest BCUT2D eigenvalue weighted by atomic mass is 10.1. The predicted octanol–water partition coefficient (Wildman–Crippen LogP) is 2.58. The number of rotatable bonds is 4. The summed E-state index contributed by atoms with van der Waals surface area (Å²) in [5.41, 5.74) is -1.43. The molecule has 4 heteroatoms. The van der Waals surface area contributed by atoms with Crippen molar-refractivity contribution in [2.24, 2.45) is 0 Å². The second-order valence-electron chi connectivity index (χ2n) is 5.24. The Hall–Kier alpha value is -2.28. The highest BCUT2D eigenvalue weighted by atomic mass is 16.6. The highest BCUT2D eigenvalue weighted by Gasteiger charge is 2.23. The maximum atomic E-state index is 11.9. The second-order valence-corrected chi connectivity index (χ2v) is 5.24. The number of hydrogen-bond donors (Lipinski definition) is 0. The summed E-state index contributed by atoms with van der Waals surface area (Å²) in [6, 6.07) is 8.68. The molecule has 0 spiro atoms. The van der Waals surface area contributed by atoms with Crippen LogP contribution in [0, 0.1) is 11.8 Å². The highest BCUT2D eigenvalue weighted by molar-refractivity contribution is 5.89. The summed E-state index contributed by atoms with van der Waals surface area (Å²) in [6.45, 7) is 7.01. The second kappa shape index (κ2) is 6.25. The number of hydrogen-bond acceptors (Lipinski definition) is 4. The molecule has 0 saturated carbocycles. The Labute approximate surface area is 119 Å². The zero-order chi connectivity index (χ0) is 15.2. The Morgan fingerprint density at radius 2 is 1.60 bits per heavy atom. The van der Waals surface area contributed by atoms with Crippen molar-refractivity contribution >= 4 is 12.4 Å². The summed E-state index contributed by atoms with van der Waals surface area (Å²) in [5.74, 6) is 5.14. The van der Waals surface area contributed by atoms with Crippen molar-refractivity contribution < 1.29 is 19.1 Å². The Kier molecular flexibility index (Phi) is 4.93. The minimum atomic E-state index is -0.976. The zero-order valence-corrected chi connectivity index (χ0v) is 12.1. The lowest BCUT2D eigenvalue weighted by molar-refractivity contribution is -0.135. The molecule has 1 aromatic carbocycles. The van der Waals surface area contributed by atoms with Crippen molar-refractivity contribution in [1.29, 1.82) is 0 Å². The zero-order valence-electron chi connectivity index (χ0n) is 12.1. The van der Waals surface area contributed by atoms with E-state index in [1.807, 2.05) is 6.07 Å². The standard InChI is InChI=1S/C16H18O4/c1-15(2,19-12-17)10-11-16(3,4)20-14(18)13-8-6-5-7-9-13/h5-9,12H,1-4H3. The molecule has 0 aliphatic heterocycles. The lowest BCUT2D eigenvalue weighted by Crippen LogP contribution is -2.28. The average molecular weight is 274 g/mol. The van der Waals surface area contributed by atoms with E-state index in [2.05, 4.69) is 11.8 Å². The van der Waals surface area contributed by atoms with Crippen molar-refractivity contribution in [1.82, 2.24) is 0 Å². The van der Waals surface area contributed by atoms with Crippen LogP contribution in [0.15, 0.2) is 30.3 Å². The smallest absolute Gasteiger partial charge is 0.339 e. The van der Waals surface area contributed by atoms with Crippen LogP contribution in [-0.4, -0.2) is 23.6 Å². The van der Waals surface area contributed by atoms with Gasteiger partial charge in [-0.2, -0.15) is 0 Å². The van der Waals surface area contributed by atoms with E-state index in [4.69, 9.17) is 9.47 Å². The van der Waals surface area contributed by atoms with Crippen LogP contribution in [-0.2, 0) is 14.3 Å². The van der Waals surface area contributed by atoms with Gasteiger partial charge in [0.25, 0.3) is 6.47 Å². The van der Waals surface area contributed by atoms with Gasteiger partial charge in [0, 0.05) is 0 Å². The van der Waals surface area contributed by atoms with Crippen molar-refractivity contribution in [3.8, 4) is 11.8 Å². The van der Waals surface area contributed by atoms with Gasteiger partial charge in [0.05, 0.1) is 5.56 Å². The molecule has 0 heterocycles. The number of ether oxygens (including phenoxy) is 2. The monoisotopic (exact) mass is 274 g/mol. The number of carbonyl (C=O) groups excluding carboxylic acids is 2. The number of esters is 1. The van der Waals surface area contributed by atoms with Gasteiger partial charge in [-0.15, -0.1) is 0 Å². The van der Waals surface area contributed by atoms with Crippen LogP contribution in [0.1, 0.15) is 38.1 Å². The van der Waals surface area contributed by atoms with Gasteiger partial charge in [-0.05, 0) is 39.8 Å². The van der Waals surface area contributed by atoms with Crippen LogP contribution in [0.4, 0.5) is 0 Å². The molecule has 0 unspecified atom stereocenters. The Balaban J connectivity index is 2.78. The van der Waals surface area contributed by atoms with E-state index in [0.29, 0.717) is 12.0 Å². The van der Waals surface area contributed by atoms with Crippen molar-refractivity contribution in [2.75, 3.05) is 0 Å². The third-order valence-electron chi connectivity index (χ3n) is 2.36. The minimum Gasteiger partial charge on any atom is -0.449 e. The molecule has 0 N–H and O–H groups in total. The SMILES string of the molecule is CC(C)(C#CC(C)(C)OC(=O)c1ccccc1)OC=O. The molecule has 0 fully saturated rings. The topological polar surface area (TPSA) is 52.6 Å². The molecular weight excluding hydrogens is 256 g/mol. The van der Waals surface area contributed by atoms with E-state index in [1.54, 1.807) is 52.0 Å². The minimum absolute atomic E-state index is 0.345. The first kappa shape index (κ1) is 15.8. The Morgan fingerprint density at radius 3 is 2.15 bits per heavy atom. The molecule has 1 rings (SSSR count). The fourth-order valence-electron chi connectivity index (χ4n) is 1.34. The molecule has 0 aromatic heterocycles. The third kappa shape index (κ3) is 5.15. The van der Waals surface area contributed by atoms with Crippen molar-refractivity contribution in [3.63, 3.8) is 0 Å².